The fourth-order valence-corrected chi connectivity index (χ4v) is 5.12. The van der Waals surface area contributed by atoms with Crippen LogP contribution in [0.15, 0.2) is 82.6 Å². The molecule has 0 aromatic heterocycles. The van der Waals surface area contributed by atoms with Crippen LogP contribution in [0.4, 0.5) is 0 Å². The van der Waals surface area contributed by atoms with Crippen LogP contribution in [-0.2, 0) is 11.3 Å². The van der Waals surface area contributed by atoms with Gasteiger partial charge in [0.05, 0.1) is 19.3 Å². The second-order valence-corrected chi connectivity index (χ2v) is 10.1. The normalized spacial score (nSPS) is 14.6. The molecule has 0 amide bonds. The molecule has 5 nitrogen and oxygen atoms in total. The minimum Gasteiger partial charge on any atom is -0.494 e. The molecule has 1 aliphatic heterocycles. The summed E-state index contributed by atoms with van der Waals surface area (Å²) in [4.78, 5) is 18.9. The third-order valence-electron chi connectivity index (χ3n) is 6.02. The van der Waals surface area contributed by atoms with Gasteiger partial charge in [-0.25, -0.2) is 4.79 Å². The van der Waals surface area contributed by atoms with Crippen molar-refractivity contribution in [3.05, 3.63) is 88.9 Å². The Morgan fingerprint density at radius 1 is 0.914 bits per heavy atom. The van der Waals surface area contributed by atoms with Gasteiger partial charge in [-0.1, -0.05) is 47.6 Å². The van der Waals surface area contributed by atoms with Crippen molar-refractivity contribution in [2.45, 2.75) is 22.8 Å². The SMILES string of the molecule is COC(=O)c1ccccc1Sc1ccc(OCCCN2CCN(Cc3ccc(Cl)cc3)CC2)cc1. The minimum absolute atomic E-state index is 0.323. The lowest BCUT2D eigenvalue weighted by atomic mass is 10.2. The summed E-state index contributed by atoms with van der Waals surface area (Å²) in [5.41, 5.74) is 1.89. The smallest absolute Gasteiger partial charge is 0.339 e. The van der Waals surface area contributed by atoms with E-state index in [9.17, 15) is 4.79 Å². The molecule has 0 radical (unpaired) electrons. The van der Waals surface area contributed by atoms with Crippen molar-refractivity contribution < 1.29 is 14.3 Å². The van der Waals surface area contributed by atoms with E-state index in [-0.39, 0.29) is 5.97 Å². The Hall–Kier alpha value is -2.51. The molecule has 1 saturated heterocycles. The summed E-state index contributed by atoms with van der Waals surface area (Å²) in [5.74, 6) is 0.541. The van der Waals surface area contributed by atoms with Crippen LogP contribution in [0, 0.1) is 0 Å². The quantitative estimate of drug-likeness (QED) is 0.251. The molecule has 3 aromatic carbocycles. The van der Waals surface area contributed by atoms with Crippen LogP contribution >= 0.6 is 23.4 Å². The molecule has 35 heavy (non-hydrogen) atoms. The molecule has 1 fully saturated rings. The fraction of sp³-hybridized carbons (Fsp3) is 0.321. The zero-order chi connectivity index (χ0) is 24.5. The van der Waals surface area contributed by atoms with E-state index in [0.717, 1.165) is 66.3 Å². The molecule has 0 spiro atoms. The Labute approximate surface area is 217 Å². The Kier molecular flexibility index (Phi) is 9.49. The van der Waals surface area contributed by atoms with Gasteiger partial charge in [0.15, 0.2) is 0 Å². The van der Waals surface area contributed by atoms with Gasteiger partial charge in [-0.15, -0.1) is 0 Å². The number of carbonyl (C=O) groups is 1. The van der Waals surface area contributed by atoms with E-state index in [2.05, 4.69) is 21.9 Å². The van der Waals surface area contributed by atoms with Gasteiger partial charge in [0.1, 0.15) is 5.75 Å². The van der Waals surface area contributed by atoms with Crippen LogP contribution in [0.25, 0.3) is 0 Å². The molecule has 1 heterocycles. The van der Waals surface area contributed by atoms with E-state index in [1.165, 1.54) is 12.7 Å². The van der Waals surface area contributed by atoms with Crippen LogP contribution in [0.3, 0.4) is 0 Å². The molecule has 0 N–H and O–H groups in total. The van der Waals surface area contributed by atoms with E-state index >= 15 is 0 Å². The van der Waals surface area contributed by atoms with Crippen molar-refractivity contribution >= 4 is 29.3 Å². The van der Waals surface area contributed by atoms with Crippen molar-refractivity contribution in [1.82, 2.24) is 9.80 Å². The Morgan fingerprint density at radius 2 is 1.60 bits per heavy atom. The van der Waals surface area contributed by atoms with Crippen LogP contribution in [0.5, 0.6) is 5.75 Å². The molecule has 3 aromatic rings. The van der Waals surface area contributed by atoms with Gasteiger partial charge < -0.3 is 14.4 Å². The van der Waals surface area contributed by atoms with Gasteiger partial charge >= 0.3 is 5.97 Å². The summed E-state index contributed by atoms with van der Waals surface area (Å²) < 4.78 is 10.8. The Balaban J connectivity index is 1.15. The highest BCUT2D eigenvalue weighted by Crippen LogP contribution is 2.31. The number of halogens is 1. The zero-order valence-electron chi connectivity index (χ0n) is 20.0. The highest BCUT2D eigenvalue weighted by molar-refractivity contribution is 7.99. The van der Waals surface area contributed by atoms with Crippen LogP contribution in [0.1, 0.15) is 22.3 Å². The number of ether oxygens (including phenoxy) is 2. The summed E-state index contributed by atoms with van der Waals surface area (Å²) in [6, 6.07) is 23.6. The molecule has 4 rings (SSSR count). The Morgan fingerprint density at radius 3 is 2.31 bits per heavy atom. The minimum atomic E-state index is -0.323. The van der Waals surface area contributed by atoms with E-state index in [1.807, 2.05) is 54.6 Å². The highest BCUT2D eigenvalue weighted by Gasteiger charge is 2.16. The number of hydrogen-bond acceptors (Lipinski definition) is 6. The van der Waals surface area contributed by atoms with E-state index in [0.29, 0.717) is 12.2 Å². The molecule has 0 atom stereocenters. The average molecular weight is 511 g/mol. The summed E-state index contributed by atoms with van der Waals surface area (Å²) in [5, 5.41) is 0.789. The first kappa shape index (κ1) is 25.6. The number of rotatable bonds is 10. The summed E-state index contributed by atoms with van der Waals surface area (Å²) in [7, 11) is 1.40. The summed E-state index contributed by atoms with van der Waals surface area (Å²) >= 11 is 7.53. The zero-order valence-corrected chi connectivity index (χ0v) is 21.6. The first-order chi connectivity index (χ1) is 17.1. The monoisotopic (exact) mass is 510 g/mol. The molecule has 0 bridgehead atoms. The predicted octanol–water partition coefficient (Wildman–Crippen LogP) is 5.86. The number of nitrogens with zero attached hydrogens (tertiary/aromatic N) is 2. The Bertz CT molecular complexity index is 1080. The van der Waals surface area contributed by atoms with Crippen molar-refractivity contribution in [3.63, 3.8) is 0 Å². The number of methoxy groups -OCH3 is 1. The van der Waals surface area contributed by atoms with Gasteiger partial charge in [0, 0.05) is 54.1 Å². The van der Waals surface area contributed by atoms with E-state index in [4.69, 9.17) is 21.1 Å². The molecule has 0 saturated carbocycles. The number of hydrogen-bond donors (Lipinski definition) is 0. The summed E-state index contributed by atoms with van der Waals surface area (Å²) in [6.45, 7) is 7.08. The van der Waals surface area contributed by atoms with Crippen molar-refractivity contribution in [2.75, 3.05) is 46.4 Å². The average Bonchev–Trinajstić information content (AvgIpc) is 2.90. The number of piperazine rings is 1. The first-order valence-corrected chi connectivity index (χ1v) is 13.1. The first-order valence-electron chi connectivity index (χ1n) is 11.9. The van der Waals surface area contributed by atoms with E-state index < -0.39 is 0 Å². The maximum Gasteiger partial charge on any atom is 0.339 e. The lowest BCUT2D eigenvalue weighted by Gasteiger charge is -2.34. The lowest BCUT2D eigenvalue weighted by Crippen LogP contribution is -2.46. The van der Waals surface area contributed by atoms with Crippen molar-refractivity contribution in [1.29, 1.82) is 0 Å². The lowest BCUT2D eigenvalue weighted by molar-refractivity contribution is 0.0597. The molecule has 1 aliphatic rings. The third-order valence-corrected chi connectivity index (χ3v) is 7.35. The second-order valence-electron chi connectivity index (χ2n) is 8.51. The number of benzene rings is 3. The second kappa shape index (κ2) is 13.0. The van der Waals surface area contributed by atoms with Crippen LogP contribution in [0.2, 0.25) is 5.02 Å². The maximum absolute atomic E-state index is 12.0. The predicted molar refractivity (Wildman–Crippen MR) is 142 cm³/mol. The third kappa shape index (κ3) is 7.74. The topological polar surface area (TPSA) is 42.0 Å². The largest absolute Gasteiger partial charge is 0.494 e. The molecule has 0 unspecified atom stereocenters. The van der Waals surface area contributed by atoms with Gasteiger partial charge in [0.2, 0.25) is 0 Å². The number of esters is 1. The standard InChI is InChI=1S/C28H31ClN2O3S/c1-33-28(32)26-5-2-3-6-27(26)35-25-13-11-24(12-14-25)34-20-4-15-30-16-18-31(19-17-30)21-22-7-9-23(29)10-8-22/h2-3,5-14H,4,15-21H2,1H3. The summed E-state index contributed by atoms with van der Waals surface area (Å²) in [6.07, 6.45) is 1.00. The molecular weight excluding hydrogens is 480 g/mol. The van der Waals surface area contributed by atoms with Gasteiger partial charge in [-0.3, -0.25) is 4.90 Å². The molecule has 0 aliphatic carbocycles. The van der Waals surface area contributed by atoms with Crippen molar-refractivity contribution in [2.24, 2.45) is 0 Å². The fourth-order valence-electron chi connectivity index (χ4n) is 4.06. The van der Waals surface area contributed by atoms with Gasteiger partial charge in [-0.2, -0.15) is 0 Å². The van der Waals surface area contributed by atoms with E-state index in [1.54, 1.807) is 17.8 Å². The molecular formula is C28H31ClN2O3S. The maximum atomic E-state index is 12.0. The van der Waals surface area contributed by atoms with Gasteiger partial charge in [0.25, 0.3) is 0 Å². The number of carbonyl (C=O) groups excluding carboxylic acids is 1. The molecule has 7 heteroatoms. The van der Waals surface area contributed by atoms with Crippen LogP contribution in [-0.4, -0.2) is 62.2 Å². The molecule has 184 valence electrons. The van der Waals surface area contributed by atoms with Crippen molar-refractivity contribution in [3.8, 4) is 5.75 Å². The van der Waals surface area contributed by atoms with Crippen LogP contribution < -0.4 is 4.74 Å². The highest BCUT2D eigenvalue weighted by atomic mass is 35.5. The van der Waals surface area contributed by atoms with Gasteiger partial charge in [-0.05, 0) is 60.5 Å².